The number of aromatic nitrogens is 1. The predicted octanol–water partition coefficient (Wildman–Crippen LogP) is 3.30. The summed E-state index contributed by atoms with van der Waals surface area (Å²) in [6, 6.07) is 4.86. The summed E-state index contributed by atoms with van der Waals surface area (Å²) in [6.07, 6.45) is 14.9. The highest BCUT2D eigenvalue weighted by atomic mass is 16.2. The number of piperidine rings is 3. The third-order valence-corrected chi connectivity index (χ3v) is 7.94. The zero-order valence-corrected chi connectivity index (χ0v) is 17.8. The molecule has 3 aliphatic heterocycles. The summed E-state index contributed by atoms with van der Waals surface area (Å²) in [7, 11) is 0. The van der Waals surface area contributed by atoms with Crippen molar-refractivity contribution in [3.8, 4) is 0 Å². The number of nitrogens with zero attached hydrogens (tertiary/aromatic N) is 4. The molecule has 5 rings (SSSR count). The van der Waals surface area contributed by atoms with Gasteiger partial charge in [-0.15, -0.1) is 0 Å². The van der Waals surface area contributed by atoms with E-state index in [9.17, 15) is 4.79 Å². The average Bonchev–Trinajstić information content (AvgIpc) is 3.54. The summed E-state index contributed by atoms with van der Waals surface area (Å²) < 4.78 is 0. The van der Waals surface area contributed by atoms with Crippen LogP contribution in [0, 0.1) is 5.92 Å². The van der Waals surface area contributed by atoms with E-state index in [0.29, 0.717) is 11.9 Å². The predicted molar refractivity (Wildman–Crippen MR) is 114 cm³/mol. The third kappa shape index (κ3) is 4.22. The van der Waals surface area contributed by atoms with Gasteiger partial charge in [0.1, 0.15) is 0 Å². The summed E-state index contributed by atoms with van der Waals surface area (Å²) in [5, 5.41) is 0. The van der Waals surface area contributed by atoms with Gasteiger partial charge in [0.05, 0.1) is 5.92 Å². The zero-order chi connectivity index (χ0) is 19.7. The van der Waals surface area contributed by atoms with Gasteiger partial charge in [-0.2, -0.15) is 0 Å². The highest BCUT2D eigenvalue weighted by Crippen LogP contribution is 2.49. The molecule has 4 heterocycles. The third-order valence-electron chi connectivity index (χ3n) is 7.94. The average molecular weight is 397 g/mol. The zero-order valence-electron chi connectivity index (χ0n) is 17.8. The Kier molecular flexibility index (Phi) is 5.61. The fourth-order valence-corrected chi connectivity index (χ4v) is 6.06. The molecule has 5 heteroatoms. The van der Waals surface area contributed by atoms with Crippen LogP contribution in [0.5, 0.6) is 0 Å². The molecule has 4 aliphatic rings. The number of pyridine rings is 1. The van der Waals surface area contributed by atoms with Crippen LogP contribution in [0.2, 0.25) is 0 Å². The molecule has 4 fully saturated rings. The lowest BCUT2D eigenvalue weighted by atomic mass is 9.90. The molecule has 1 unspecified atom stereocenters. The topological polar surface area (TPSA) is 39.7 Å². The lowest BCUT2D eigenvalue weighted by molar-refractivity contribution is -0.142. The van der Waals surface area contributed by atoms with E-state index in [-0.39, 0.29) is 11.5 Å². The minimum Gasteiger partial charge on any atom is -0.337 e. The highest BCUT2D eigenvalue weighted by Gasteiger charge is 2.52. The molecule has 0 radical (unpaired) electrons. The molecule has 1 aliphatic carbocycles. The largest absolute Gasteiger partial charge is 0.337 e. The van der Waals surface area contributed by atoms with E-state index in [1.165, 1.54) is 63.5 Å². The van der Waals surface area contributed by atoms with Gasteiger partial charge in [0.2, 0.25) is 5.91 Å². The minimum absolute atomic E-state index is 0.243. The number of rotatable bonds is 4. The summed E-state index contributed by atoms with van der Waals surface area (Å²) in [5.41, 5.74) is 1.60. The smallest absolute Gasteiger partial charge is 0.227 e. The second-order valence-corrected chi connectivity index (χ2v) is 9.87. The number of hydrogen-bond donors (Lipinski definition) is 0. The van der Waals surface area contributed by atoms with Crippen LogP contribution in [0.15, 0.2) is 24.5 Å². The van der Waals surface area contributed by atoms with Gasteiger partial charge in [-0.05, 0) is 89.1 Å². The monoisotopic (exact) mass is 396 g/mol. The van der Waals surface area contributed by atoms with Crippen LogP contribution in [0.3, 0.4) is 0 Å². The van der Waals surface area contributed by atoms with Crippen molar-refractivity contribution in [3.63, 3.8) is 0 Å². The first-order chi connectivity index (χ1) is 14.2. The quantitative estimate of drug-likeness (QED) is 0.783. The summed E-state index contributed by atoms with van der Waals surface area (Å²) in [5.74, 6) is 0.730. The number of hydrogen-bond acceptors (Lipinski definition) is 4. The van der Waals surface area contributed by atoms with E-state index in [4.69, 9.17) is 0 Å². The van der Waals surface area contributed by atoms with Crippen molar-refractivity contribution in [3.05, 3.63) is 30.1 Å². The van der Waals surface area contributed by atoms with E-state index in [2.05, 4.69) is 25.8 Å². The maximum atomic E-state index is 13.4. The van der Waals surface area contributed by atoms with E-state index in [1.54, 1.807) is 0 Å². The van der Waals surface area contributed by atoms with Crippen LogP contribution in [-0.4, -0.2) is 69.9 Å². The Bertz CT molecular complexity index is 696. The molecule has 0 aromatic carbocycles. The van der Waals surface area contributed by atoms with Gasteiger partial charge in [-0.1, -0.05) is 6.07 Å². The first-order valence-electron chi connectivity index (χ1n) is 11.9. The summed E-state index contributed by atoms with van der Waals surface area (Å²) in [6.45, 7) is 6.52. The fourth-order valence-electron chi connectivity index (χ4n) is 6.06. The molecule has 158 valence electrons. The Labute approximate surface area is 175 Å². The van der Waals surface area contributed by atoms with Gasteiger partial charge >= 0.3 is 0 Å². The van der Waals surface area contributed by atoms with E-state index >= 15 is 0 Å². The van der Waals surface area contributed by atoms with Crippen LogP contribution >= 0.6 is 0 Å². The Morgan fingerprint density at radius 2 is 1.90 bits per heavy atom. The molecule has 5 nitrogen and oxygen atoms in total. The second-order valence-electron chi connectivity index (χ2n) is 9.87. The summed E-state index contributed by atoms with van der Waals surface area (Å²) >= 11 is 0. The maximum Gasteiger partial charge on any atom is 0.227 e. The lowest BCUT2D eigenvalue weighted by Crippen LogP contribution is -2.54. The van der Waals surface area contributed by atoms with Gasteiger partial charge in [-0.25, -0.2) is 0 Å². The van der Waals surface area contributed by atoms with E-state index in [1.807, 2.05) is 18.5 Å². The van der Waals surface area contributed by atoms with Crippen molar-refractivity contribution in [2.75, 3.05) is 32.7 Å². The lowest BCUT2D eigenvalue weighted by Gasteiger charge is -2.44. The second kappa shape index (κ2) is 8.35. The maximum absolute atomic E-state index is 13.4. The normalized spacial score (nSPS) is 28.6. The molecule has 0 N–H and O–H groups in total. The number of carbonyl (C=O) groups excluding carboxylic acids is 1. The van der Waals surface area contributed by atoms with Gasteiger partial charge in [-0.3, -0.25) is 19.6 Å². The van der Waals surface area contributed by atoms with Crippen molar-refractivity contribution in [1.29, 1.82) is 0 Å². The molecule has 1 aromatic rings. The molecule has 1 spiro atoms. The minimum atomic E-state index is 0.243. The van der Waals surface area contributed by atoms with Crippen molar-refractivity contribution in [2.24, 2.45) is 5.92 Å². The molecular formula is C24H36N4O. The van der Waals surface area contributed by atoms with Gasteiger partial charge < -0.3 is 4.90 Å². The van der Waals surface area contributed by atoms with Crippen molar-refractivity contribution >= 4 is 5.91 Å². The number of likely N-dealkylation sites (tertiary alicyclic amines) is 3. The molecule has 1 saturated carbocycles. The molecule has 1 amide bonds. The first-order valence-corrected chi connectivity index (χ1v) is 11.9. The molecule has 0 bridgehead atoms. The van der Waals surface area contributed by atoms with Crippen LogP contribution < -0.4 is 0 Å². The number of carbonyl (C=O) groups is 1. The van der Waals surface area contributed by atoms with Crippen molar-refractivity contribution < 1.29 is 4.79 Å². The SMILES string of the molecule is O=C(C1CCCN(C2CCN(Cc3cccnc3)CC2)C1)N1CCCCC12CC2. The molecule has 29 heavy (non-hydrogen) atoms. The van der Waals surface area contributed by atoms with Crippen molar-refractivity contribution in [2.45, 2.75) is 75.9 Å². The fraction of sp³-hybridized carbons (Fsp3) is 0.750. The molecule has 1 atom stereocenters. The Morgan fingerprint density at radius 1 is 1.03 bits per heavy atom. The van der Waals surface area contributed by atoms with Crippen LogP contribution in [0.25, 0.3) is 0 Å². The van der Waals surface area contributed by atoms with Gasteiger partial charge in [0.15, 0.2) is 0 Å². The van der Waals surface area contributed by atoms with Crippen LogP contribution in [0.1, 0.15) is 63.4 Å². The van der Waals surface area contributed by atoms with Gasteiger partial charge in [0.25, 0.3) is 0 Å². The Hall–Kier alpha value is -1.46. The van der Waals surface area contributed by atoms with Crippen molar-refractivity contribution in [1.82, 2.24) is 19.7 Å². The molecule has 1 aromatic heterocycles. The van der Waals surface area contributed by atoms with Crippen LogP contribution in [0.4, 0.5) is 0 Å². The van der Waals surface area contributed by atoms with Gasteiger partial charge in [0, 0.05) is 43.6 Å². The standard InChI is InChI=1S/C24H36N4O/c29-23(28-14-2-1-9-24(28)10-11-24)21-6-4-13-27(19-21)22-7-15-26(16-8-22)18-20-5-3-12-25-17-20/h3,5,12,17,21-22H,1-2,4,6-11,13-16,18-19H2. The highest BCUT2D eigenvalue weighted by molar-refractivity contribution is 5.80. The summed E-state index contributed by atoms with van der Waals surface area (Å²) in [4.78, 5) is 25.2. The number of amides is 1. The van der Waals surface area contributed by atoms with Crippen LogP contribution in [-0.2, 0) is 11.3 Å². The first kappa shape index (κ1) is 19.5. The van der Waals surface area contributed by atoms with E-state index < -0.39 is 0 Å². The molecular weight excluding hydrogens is 360 g/mol. The Morgan fingerprint density at radius 3 is 2.66 bits per heavy atom. The van der Waals surface area contributed by atoms with E-state index in [0.717, 1.165) is 39.1 Å². The molecule has 3 saturated heterocycles. The Balaban J connectivity index is 1.14.